The topological polar surface area (TPSA) is 62.0 Å². The number of phenolic OH excluding ortho intramolecular Hbond substituents is 1. The van der Waals surface area contributed by atoms with Gasteiger partial charge in [-0.15, -0.1) is 10.2 Å². The highest BCUT2D eigenvalue weighted by molar-refractivity contribution is 6.15. The molecular weight excluding hydrogens is 324 g/mol. The molecule has 4 aromatic rings. The molecule has 0 aliphatic heterocycles. The van der Waals surface area contributed by atoms with Gasteiger partial charge >= 0.3 is 0 Å². The van der Waals surface area contributed by atoms with Crippen molar-refractivity contribution in [3.63, 3.8) is 0 Å². The number of benzene rings is 4. The van der Waals surface area contributed by atoms with Crippen molar-refractivity contribution in [1.29, 1.82) is 0 Å². The fraction of sp³-hybridized carbons (Fsp3) is 0.0455. The molecule has 4 aromatic carbocycles. The lowest BCUT2D eigenvalue weighted by Gasteiger charge is -2.09. The third-order valence-corrected chi connectivity index (χ3v) is 4.34. The van der Waals surface area contributed by atoms with E-state index in [1.54, 1.807) is 0 Å². The first-order chi connectivity index (χ1) is 12.7. The van der Waals surface area contributed by atoms with Crippen LogP contribution in [0.15, 0.2) is 89.1 Å². The van der Waals surface area contributed by atoms with Gasteiger partial charge in [-0.2, -0.15) is 0 Å². The van der Waals surface area contributed by atoms with Crippen LogP contribution in [0.25, 0.3) is 21.5 Å². The van der Waals surface area contributed by atoms with Crippen molar-refractivity contribution in [2.45, 2.75) is 6.42 Å². The van der Waals surface area contributed by atoms with E-state index in [0.717, 1.165) is 21.7 Å². The molecule has 0 bridgehead atoms. The minimum atomic E-state index is -0.354. The summed E-state index contributed by atoms with van der Waals surface area (Å²) in [4.78, 5) is 12.2. The molecule has 0 aliphatic carbocycles. The van der Waals surface area contributed by atoms with E-state index in [1.807, 2.05) is 78.9 Å². The van der Waals surface area contributed by atoms with E-state index in [2.05, 4.69) is 10.2 Å². The van der Waals surface area contributed by atoms with E-state index in [0.29, 0.717) is 11.1 Å². The Morgan fingerprint density at radius 2 is 1.27 bits per heavy atom. The minimum absolute atomic E-state index is 0.0376. The zero-order valence-electron chi connectivity index (χ0n) is 14.0. The summed E-state index contributed by atoms with van der Waals surface area (Å²) < 4.78 is 0. The number of hydrogen-bond acceptors (Lipinski definition) is 3. The highest BCUT2D eigenvalue weighted by Gasteiger charge is 2.13. The van der Waals surface area contributed by atoms with Crippen molar-refractivity contribution in [2.75, 3.05) is 0 Å². The first-order valence-electron chi connectivity index (χ1n) is 8.35. The second kappa shape index (κ2) is 6.76. The third kappa shape index (κ3) is 2.93. The molecule has 0 aliphatic rings. The molecule has 126 valence electrons. The van der Waals surface area contributed by atoms with Crippen molar-refractivity contribution in [1.82, 2.24) is 0 Å². The summed E-state index contributed by atoms with van der Waals surface area (Å²) >= 11 is 0. The number of amides is 1. The maximum Gasteiger partial charge on any atom is 0.269 e. The predicted octanol–water partition coefficient (Wildman–Crippen LogP) is 5.55. The normalized spacial score (nSPS) is 11.4. The Bertz CT molecular complexity index is 1130. The Labute approximate surface area is 150 Å². The molecule has 0 atom stereocenters. The summed E-state index contributed by atoms with van der Waals surface area (Å²) in [6.45, 7) is 0. The van der Waals surface area contributed by atoms with Crippen LogP contribution in [-0.4, -0.2) is 11.0 Å². The number of carbonyl (C=O) groups is 1. The average molecular weight is 340 g/mol. The lowest BCUT2D eigenvalue weighted by molar-refractivity contribution is -0.117. The van der Waals surface area contributed by atoms with Crippen LogP contribution in [-0.2, 0) is 11.2 Å². The van der Waals surface area contributed by atoms with Gasteiger partial charge in [-0.25, -0.2) is 0 Å². The van der Waals surface area contributed by atoms with Gasteiger partial charge in [0, 0.05) is 10.8 Å². The van der Waals surface area contributed by atoms with E-state index in [1.165, 1.54) is 0 Å². The van der Waals surface area contributed by atoms with Gasteiger partial charge in [-0.3, -0.25) is 4.79 Å². The van der Waals surface area contributed by atoms with E-state index in [9.17, 15) is 9.90 Å². The second-order valence-corrected chi connectivity index (χ2v) is 6.04. The molecule has 0 fully saturated rings. The van der Waals surface area contributed by atoms with E-state index < -0.39 is 0 Å². The predicted molar refractivity (Wildman–Crippen MR) is 103 cm³/mol. The van der Waals surface area contributed by atoms with Crippen LogP contribution in [0.2, 0.25) is 0 Å². The molecule has 0 spiro atoms. The average Bonchev–Trinajstić information content (AvgIpc) is 2.69. The van der Waals surface area contributed by atoms with Crippen LogP contribution in [0.1, 0.15) is 5.56 Å². The number of hydrogen-bond donors (Lipinski definition) is 1. The SMILES string of the molecule is O=C(Cc1ccccc1)N=Nc1c(O)c2ccccc2c2ccccc12. The van der Waals surface area contributed by atoms with Gasteiger partial charge in [0.15, 0.2) is 5.75 Å². The van der Waals surface area contributed by atoms with Crippen LogP contribution < -0.4 is 0 Å². The maximum atomic E-state index is 12.2. The summed E-state index contributed by atoms with van der Waals surface area (Å²) in [6.07, 6.45) is 0.177. The van der Waals surface area contributed by atoms with Crippen LogP contribution in [0.3, 0.4) is 0 Å². The van der Waals surface area contributed by atoms with E-state index in [4.69, 9.17) is 0 Å². The number of nitrogens with zero attached hydrogens (tertiary/aromatic N) is 2. The first kappa shape index (κ1) is 16.0. The van der Waals surface area contributed by atoms with Gasteiger partial charge < -0.3 is 5.11 Å². The Hall–Kier alpha value is -3.53. The van der Waals surface area contributed by atoms with Crippen molar-refractivity contribution < 1.29 is 9.90 Å². The minimum Gasteiger partial charge on any atom is -0.505 e. The van der Waals surface area contributed by atoms with Gasteiger partial charge in [0.05, 0.1) is 6.42 Å². The number of azo groups is 1. The number of fused-ring (bicyclic) bond motifs is 3. The molecule has 0 radical (unpaired) electrons. The number of carbonyl (C=O) groups excluding carboxylic acids is 1. The van der Waals surface area contributed by atoms with Crippen LogP contribution in [0.4, 0.5) is 5.69 Å². The molecular formula is C22H16N2O2. The van der Waals surface area contributed by atoms with Gasteiger partial charge in [-0.1, -0.05) is 78.9 Å². The molecule has 1 N–H and O–H groups in total. The smallest absolute Gasteiger partial charge is 0.269 e. The molecule has 4 heteroatoms. The van der Waals surface area contributed by atoms with E-state index in [-0.39, 0.29) is 18.1 Å². The standard InChI is InChI=1S/C22H16N2O2/c25-20(14-15-8-2-1-3-9-15)23-24-21-18-12-6-4-10-16(18)17-11-5-7-13-19(17)22(21)26/h1-13,26H,14H2. The lowest BCUT2D eigenvalue weighted by Crippen LogP contribution is -1.97. The van der Waals surface area contributed by atoms with Gasteiger partial charge in [0.2, 0.25) is 0 Å². The largest absolute Gasteiger partial charge is 0.505 e. The van der Waals surface area contributed by atoms with Gasteiger partial charge in [-0.05, 0) is 16.3 Å². The molecule has 0 saturated heterocycles. The Morgan fingerprint density at radius 1 is 0.731 bits per heavy atom. The van der Waals surface area contributed by atoms with Gasteiger partial charge in [0.1, 0.15) is 5.69 Å². The molecule has 4 rings (SSSR count). The molecule has 0 saturated carbocycles. The molecule has 1 amide bonds. The Morgan fingerprint density at radius 3 is 1.96 bits per heavy atom. The van der Waals surface area contributed by atoms with Crippen molar-refractivity contribution >= 4 is 33.1 Å². The zero-order valence-corrected chi connectivity index (χ0v) is 14.0. The Kier molecular flexibility index (Phi) is 4.15. The van der Waals surface area contributed by atoms with E-state index >= 15 is 0 Å². The maximum absolute atomic E-state index is 12.2. The summed E-state index contributed by atoms with van der Waals surface area (Å²) in [5.74, 6) is -0.316. The van der Waals surface area contributed by atoms with Crippen LogP contribution in [0.5, 0.6) is 5.75 Å². The number of rotatable bonds is 3. The molecule has 26 heavy (non-hydrogen) atoms. The number of aromatic hydroxyl groups is 1. The summed E-state index contributed by atoms with van der Waals surface area (Å²) in [5.41, 5.74) is 1.20. The molecule has 0 aromatic heterocycles. The molecule has 0 unspecified atom stereocenters. The fourth-order valence-corrected chi connectivity index (χ4v) is 3.12. The van der Waals surface area contributed by atoms with Crippen molar-refractivity contribution in [3.05, 3.63) is 84.4 Å². The van der Waals surface area contributed by atoms with Crippen molar-refractivity contribution in [2.24, 2.45) is 10.2 Å². The van der Waals surface area contributed by atoms with Gasteiger partial charge in [0.25, 0.3) is 5.91 Å². The Balaban J connectivity index is 1.78. The molecule has 0 heterocycles. The van der Waals surface area contributed by atoms with Crippen LogP contribution in [0, 0.1) is 0 Å². The van der Waals surface area contributed by atoms with Crippen LogP contribution >= 0.6 is 0 Å². The number of phenols is 1. The fourth-order valence-electron chi connectivity index (χ4n) is 3.12. The van der Waals surface area contributed by atoms with Crippen molar-refractivity contribution in [3.8, 4) is 5.75 Å². The summed E-state index contributed by atoms with van der Waals surface area (Å²) in [6, 6.07) is 24.6. The highest BCUT2D eigenvalue weighted by atomic mass is 16.3. The summed E-state index contributed by atoms with van der Waals surface area (Å²) in [5, 5.41) is 22.0. The molecule has 4 nitrogen and oxygen atoms in total. The first-order valence-corrected chi connectivity index (χ1v) is 8.35. The lowest BCUT2D eigenvalue weighted by atomic mass is 9.99. The third-order valence-electron chi connectivity index (χ3n) is 4.34. The highest BCUT2D eigenvalue weighted by Crippen LogP contribution is 2.42. The quantitative estimate of drug-likeness (QED) is 0.392. The zero-order chi connectivity index (χ0) is 17.9. The second-order valence-electron chi connectivity index (χ2n) is 6.04. The summed E-state index contributed by atoms with van der Waals surface area (Å²) in [7, 11) is 0. The monoisotopic (exact) mass is 340 g/mol.